The Hall–Kier alpha value is -2.02. The maximum Gasteiger partial charge on any atom is 0.222 e. The van der Waals surface area contributed by atoms with Crippen molar-refractivity contribution in [1.82, 2.24) is 14.8 Å². The molecule has 0 aliphatic carbocycles. The third-order valence-electron chi connectivity index (χ3n) is 5.25. The van der Waals surface area contributed by atoms with Gasteiger partial charge in [-0.15, -0.1) is 11.3 Å². The van der Waals surface area contributed by atoms with Gasteiger partial charge >= 0.3 is 0 Å². The second kappa shape index (κ2) is 9.20. The molecule has 1 aliphatic heterocycles. The number of carbonyl (C=O) groups is 1. The molecule has 152 valence electrons. The van der Waals surface area contributed by atoms with Crippen LogP contribution in [-0.2, 0) is 17.8 Å². The number of fused-ring (bicyclic) bond motifs is 1. The largest absolute Gasteiger partial charge is 0.340 e. The Balaban J connectivity index is 1.21. The molecule has 0 unspecified atom stereocenters. The number of benzene rings is 2. The van der Waals surface area contributed by atoms with E-state index in [1.807, 2.05) is 23.1 Å². The molecule has 1 fully saturated rings. The second-order valence-electron chi connectivity index (χ2n) is 7.32. The van der Waals surface area contributed by atoms with Gasteiger partial charge in [0.05, 0.1) is 15.2 Å². The van der Waals surface area contributed by atoms with Crippen molar-refractivity contribution < 1.29 is 9.18 Å². The molecule has 1 aliphatic rings. The average Bonchev–Trinajstić information content (AvgIpc) is 3.13. The molecule has 1 aromatic heterocycles. The van der Waals surface area contributed by atoms with Crippen LogP contribution in [0.4, 0.5) is 4.39 Å². The maximum absolute atomic E-state index is 13.2. The molecule has 0 spiro atoms. The van der Waals surface area contributed by atoms with E-state index in [0.717, 1.165) is 55.1 Å². The Morgan fingerprint density at radius 1 is 1.14 bits per heavy atom. The van der Waals surface area contributed by atoms with Crippen LogP contribution in [0.1, 0.15) is 23.4 Å². The molecule has 7 heteroatoms. The Morgan fingerprint density at radius 3 is 2.69 bits per heavy atom. The van der Waals surface area contributed by atoms with Crippen LogP contribution in [0.25, 0.3) is 10.2 Å². The van der Waals surface area contributed by atoms with Crippen LogP contribution in [0.3, 0.4) is 0 Å². The van der Waals surface area contributed by atoms with Gasteiger partial charge in [-0.25, -0.2) is 9.37 Å². The molecule has 0 N–H and O–H groups in total. The summed E-state index contributed by atoms with van der Waals surface area (Å²) in [6, 6.07) is 12.7. The minimum absolute atomic E-state index is 0.213. The molecular weight excluding hydrogens is 409 g/mol. The van der Waals surface area contributed by atoms with Crippen molar-refractivity contribution in [2.45, 2.75) is 25.8 Å². The fourth-order valence-electron chi connectivity index (χ4n) is 3.62. The first-order chi connectivity index (χ1) is 14.1. The summed E-state index contributed by atoms with van der Waals surface area (Å²) in [7, 11) is 0. The Kier molecular flexibility index (Phi) is 6.43. The van der Waals surface area contributed by atoms with Crippen LogP contribution in [0.2, 0.25) is 5.02 Å². The van der Waals surface area contributed by atoms with Crippen molar-refractivity contribution >= 4 is 39.1 Å². The van der Waals surface area contributed by atoms with Gasteiger partial charge in [0.2, 0.25) is 5.91 Å². The first-order valence-corrected chi connectivity index (χ1v) is 11.1. The summed E-state index contributed by atoms with van der Waals surface area (Å²) in [6.45, 7) is 3.73. The molecule has 0 saturated carbocycles. The van der Waals surface area contributed by atoms with Gasteiger partial charge in [-0.2, -0.15) is 0 Å². The highest BCUT2D eigenvalue weighted by Gasteiger charge is 2.21. The van der Waals surface area contributed by atoms with Gasteiger partial charge in [-0.05, 0) is 42.7 Å². The number of piperazine rings is 1. The molecule has 29 heavy (non-hydrogen) atoms. The normalized spacial score (nSPS) is 15.2. The number of rotatable bonds is 6. The Bertz CT molecular complexity index is 968. The van der Waals surface area contributed by atoms with E-state index in [9.17, 15) is 9.18 Å². The van der Waals surface area contributed by atoms with Gasteiger partial charge in [0.25, 0.3) is 0 Å². The van der Waals surface area contributed by atoms with Crippen molar-refractivity contribution in [2.24, 2.45) is 0 Å². The van der Waals surface area contributed by atoms with E-state index in [4.69, 9.17) is 11.6 Å². The van der Waals surface area contributed by atoms with E-state index >= 15 is 0 Å². The number of carbonyl (C=O) groups excluding carboxylic acids is 1. The van der Waals surface area contributed by atoms with Crippen LogP contribution in [0.15, 0.2) is 42.5 Å². The number of hydrogen-bond acceptors (Lipinski definition) is 4. The predicted molar refractivity (Wildman–Crippen MR) is 116 cm³/mol. The number of nitrogens with zero attached hydrogens (tertiary/aromatic N) is 3. The number of hydrogen-bond donors (Lipinski definition) is 0. The minimum atomic E-state index is -0.319. The smallest absolute Gasteiger partial charge is 0.222 e. The summed E-state index contributed by atoms with van der Waals surface area (Å²) in [4.78, 5) is 21.4. The van der Waals surface area contributed by atoms with Crippen LogP contribution >= 0.6 is 22.9 Å². The lowest BCUT2D eigenvalue weighted by Crippen LogP contribution is -2.48. The zero-order valence-corrected chi connectivity index (χ0v) is 17.7. The lowest BCUT2D eigenvalue weighted by molar-refractivity contribution is -0.133. The van der Waals surface area contributed by atoms with E-state index in [-0.39, 0.29) is 11.7 Å². The summed E-state index contributed by atoms with van der Waals surface area (Å²) in [5.41, 5.74) is 1.96. The summed E-state index contributed by atoms with van der Waals surface area (Å²) < 4.78 is 14.4. The molecule has 1 amide bonds. The van der Waals surface area contributed by atoms with E-state index in [0.29, 0.717) is 18.0 Å². The molecule has 2 aromatic carbocycles. The van der Waals surface area contributed by atoms with Crippen LogP contribution in [0.5, 0.6) is 0 Å². The summed E-state index contributed by atoms with van der Waals surface area (Å²) in [5, 5.41) is 1.55. The van der Waals surface area contributed by atoms with Crippen LogP contribution < -0.4 is 0 Å². The molecule has 0 bridgehead atoms. The zero-order chi connectivity index (χ0) is 20.2. The van der Waals surface area contributed by atoms with Crippen LogP contribution in [0, 0.1) is 5.82 Å². The highest BCUT2D eigenvalue weighted by atomic mass is 35.5. The molecule has 4 rings (SSSR count). The number of amides is 1. The standard InChI is InChI=1S/C22H23ClFN3OS/c23-18-14-17(24)9-8-16(18)15-26-10-12-27(13-11-26)22(28)7-3-6-21-25-19-4-1-2-5-20(19)29-21/h1-2,4-5,8-9,14H,3,6-7,10-13,15H2. The monoisotopic (exact) mass is 431 g/mol. The molecule has 1 saturated heterocycles. The second-order valence-corrected chi connectivity index (χ2v) is 8.84. The van der Waals surface area contributed by atoms with Crippen molar-refractivity contribution in [3.05, 3.63) is 63.9 Å². The van der Waals surface area contributed by atoms with Gasteiger partial charge in [0.1, 0.15) is 5.82 Å². The summed E-state index contributed by atoms with van der Waals surface area (Å²) >= 11 is 7.84. The Labute approximate surface area is 178 Å². The van der Waals surface area contributed by atoms with Crippen LogP contribution in [-0.4, -0.2) is 46.9 Å². The van der Waals surface area contributed by atoms with Gasteiger partial charge < -0.3 is 4.90 Å². The lowest BCUT2D eigenvalue weighted by Gasteiger charge is -2.35. The molecule has 0 radical (unpaired) electrons. The van der Waals surface area contributed by atoms with E-state index in [2.05, 4.69) is 16.0 Å². The molecule has 3 aromatic rings. The summed E-state index contributed by atoms with van der Waals surface area (Å²) in [6.07, 6.45) is 2.22. The van der Waals surface area contributed by atoms with Gasteiger partial charge in [0, 0.05) is 44.2 Å². The van der Waals surface area contributed by atoms with E-state index < -0.39 is 0 Å². The first kappa shape index (κ1) is 20.3. The van der Waals surface area contributed by atoms with Crippen molar-refractivity contribution in [3.63, 3.8) is 0 Å². The van der Waals surface area contributed by atoms with Crippen molar-refractivity contribution in [3.8, 4) is 0 Å². The molecule has 0 atom stereocenters. The fraction of sp³-hybridized carbons (Fsp3) is 0.364. The molecule has 2 heterocycles. The Morgan fingerprint density at radius 2 is 1.93 bits per heavy atom. The third kappa shape index (κ3) is 5.13. The number of aryl methyl sites for hydroxylation is 1. The number of thiazole rings is 1. The third-order valence-corrected chi connectivity index (χ3v) is 6.70. The molecular formula is C22H23ClFN3OS. The minimum Gasteiger partial charge on any atom is -0.340 e. The predicted octanol–water partition coefficient (Wildman–Crippen LogP) is 4.76. The SMILES string of the molecule is O=C(CCCc1nc2ccccc2s1)N1CCN(Cc2ccc(F)cc2Cl)CC1. The highest BCUT2D eigenvalue weighted by Crippen LogP contribution is 2.23. The quantitative estimate of drug-likeness (QED) is 0.564. The van der Waals surface area contributed by atoms with E-state index in [1.54, 1.807) is 17.4 Å². The highest BCUT2D eigenvalue weighted by molar-refractivity contribution is 7.18. The maximum atomic E-state index is 13.2. The van der Waals surface area contributed by atoms with E-state index in [1.165, 1.54) is 16.8 Å². The fourth-order valence-corrected chi connectivity index (χ4v) is 4.86. The van der Waals surface area contributed by atoms with Crippen molar-refractivity contribution in [2.75, 3.05) is 26.2 Å². The summed E-state index contributed by atoms with van der Waals surface area (Å²) in [5.74, 6) is -0.106. The number of halogens is 2. The lowest BCUT2D eigenvalue weighted by atomic mass is 10.1. The van der Waals surface area contributed by atoms with Gasteiger partial charge in [-0.3, -0.25) is 9.69 Å². The van der Waals surface area contributed by atoms with Crippen molar-refractivity contribution in [1.29, 1.82) is 0 Å². The number of para-hydroxylation sites is 1. The van der Waals surface area contributed by atoms with Gasteiger partial charge in [-0.1, -0.05) is 29.8 Å². The number of aromatic nitrogens is 1. The van der Waals surface area contributed by atoms with Gasteiger partial charge in [0.15, 0.2) is 0 Å². The average molecular weight is 432 g/mol. The topological polar surface area (TPSA) is 36.4 Å². The first-order valence-electron chi connectivity index (χ1n) is 9.87. The zero-order valence-electron chi connectivity index (χ0n) is 16.1. The molecule has 4 nitrogen and oxygen atoms in total.